The van der Waals surface area contributed by atoms with Gasteiger partial charge in [-0.2, -0.15) is 0 Å². The zero-order valence-corrected chi connectivity index (χ0v) is 12.8. The van der Waals surface area contributed by atoms with Crippen LogP contribution in [0, 0.1) is 17.8 Å². The quantitative estimate of drug-likeness (QED) is 0.592. The number of unbranched alkanes of at least 4 members (excludes halogenated alkanes) is 4. The molecule has 1 saturated carbocycles. The number of aliphatic hydroxyl groups excluding tert-OH is 1. The smallest absolute Gasteiger partial charge is 0.0568 e. The molecule has 0 aromatic rings. The predicted molar refractivity (Wildman–Crippen MR) is 79.7 cm³/mol. The number of rotatable bonds is 8. The molecule has 1 unspecified atom stereocenters. The zero-order valence-electron chi connectivity index (χ0n) is 12.8. The summed E-state index contributed by atoms with van der Waals surface area (Å²) in [7, 11) is 0. The van der Waals surface area contributed by atoms with E-state index in [2.05, 4.69) is 20.8 Å². The third-order valence-electron chi connectivity index (χ3n) is 4.91. The molecule has 1 heteroatoms. The van der Waals surface area contributed by atoms with E-state index in [1.807, 2.05) is 0 Å². The molecule has 0 bridgehead atoms. The van der Waals surface area contributed by atoms with E-state index in [0.29, 0.717) is 5.92 Å². The largest absolute Gasteiger partial charge is 0.393 e. The summed E-state index contributed by atoms with van der Waals surface area (Å²) in [5.74, 6) is 2.35. The summed E-state index contributed by atoms with van der Waals surface area (Å²) in [4.78, 5) is 0. The average Bonchev–Trinajstić information content (AvgIpc) is 2.38. The molecule has 0 amide bonds. The highest BCUT2D eigenvalue weighted by Crippen LogP contribution is 2.35. The fraction of sp³-hybridized carbons (Fsp3) is 1.00. The lowest BCUT2D eigenvalue weighted by Crippen LogP contribution is -2.27. The highest BCUT2D eigenvalue weighted by atomic mass is 16.3. The molecular formula is C17H34O. The minimum absolute atomic E-state index is 0.0141. The molecule has 1 atom stereocenters. The summed E-state index contributed by atoms with van der Waals surface area (Å²) < 4.78 is 0. The van der Waals surface area contributed by atoms with Crippen LogP contribution in [0.1, 0.15) is 85.0 Å². The molecule has 0 saturated heterocycles. The van der Waals surface area contributed by atoms with E-state index in [9.17, 15) is 5.11 Å². The molecule has 1 N–H and O–H groups in total. The Balaban J connectivity index is 2.10. The molecule has 1 aliphatic rings. The summed E-state index contributed by atoms with van der Waals surface area (Å²) in [5, 5.41) is 10.3. The standard InChI is InChI=1S/C17H34O/c1-4-5-6-7-8-9-17(18)16-12-10-15(11-13-16)14(2)3/h14-18H,4-13H2,1-3H3. The van der Waals surface area contributed by atoms with Gasteiger partial charge in [-0.25, -0.2) is 0 Å². The molecule has 18 heavy (non-hydrogen) atoms. The maximum absolute atomic E-state index is 10.3. The molecule has 0 aromatic heterocycles. The van der Waals surface area contributed by atoms with Crippen LogP contribution in [-0.4, -0.2) is 11.2 Å². The lowest BCUT2D eigenvalue weighted by molar-refractivity contribution is 0.0588. The van der Waals surface area contributed by atoms with Crippen molar-refractivity contribution in [3.05, 3.63) is 0 Å². The topological polar surface area (TPSA) is 20.2 Å². The van der Waals surface area contributed by atoms with Crippen LogP contribution in [0.25, 0.3) is 0 Å². The first kappa shape index (κ1) is 16.0. The summed E-state index contributed by atoms with van der Waals surface area (Å²) >= 11 is 0. The molecule has 108 valence electrons. The van der Waals surface area contributed by atoms with Crippen molar-refractivity contribution in [2.45, 2.75) is 91.1 Å². The normalized spacial score (nSPS) is 26.5. The van der Waals surface area contributed by atoms with Gasteiger partial charge in [0.2, 0.25) is 0 Å². The first-order chi connectivity index (χ1) is 8.65. The second-order valence-electron chi connectivity index (χ2n) is 6.69. The lowest BCUT2D eigenvalue weighted by atomic mass is 9.74. The van der Waals surface area contributed by atoms with Gasteiger partial charge >= 0.3 is 0 Å². The Hall–Kier alpha value is -0.0400. The van der Waals surface area contributed by atoms with Crippen molar-refractivity contribution in [3.63, 3.8) is 0 Å². The van der Waals surface area contributed by atoms with Gasteiger partial charge in [-0.05, 0) is 49.9 Å². The molecule has 1 aliphatic carbocycles. The zero-order chi connectivity index (χ0) is 13.4. The molecule has 0 heterocycles. The van der Waals surface area contributed by atoms with Gasteiger partial charge in [-0.3, -0.25) is 0 Å². The van der Waals surface area contributed by atoms with Crippen molar-refractivity contribution in [2.75, 3.05) is 0 Å². The van der Waals surface area contributed by atoms with Crippen molar-refractivity contribution in [1.82, 2.24) is 0 Å². The van der Waals surface area contributed by atoms with E-state index in [1.54, 1.807) is 0 Å². The van der Waals surface area contributed by atoms with Gasteiger partial charge in [0.1, 0.15) is 0 Å². The van der Waals surface area contributed by atoms with E-state index < -0.39 is 0 Å². The van der Waals surface area contributed by atoms with Crippen LogP contribution in [0.5, 0.6) is 0 Å². The molecule has 0 aromatic carbocycles. The Labute approximate surface area is 114 Å². The van der Waals surface area contributed by atoms with Crippen LogP contribution in [0.4, 0.5) is 0 Å². The van der Waals surface area contributed by atoms with Crippen molar-refractivity contribution < 1.29 is 5.11 Å². The van der Waals surface area contributed by atoms with Crippen LogP contribution in [0.15, 0.2) is 0 Å². The van der Waals surface area contributed by atoms with Crippen molar-refractivity contribution in [3.8, 4) is 0 Å². The fourth-order valence-corrected chi connectivity index (χ4v) is 3.39. The Morgan fingerprint density at radius 3 is 2.00 bits per heavy atom. The van der Waals surface area contributed by atoms with Gasteiger partial charge in [-0.15, -0.1) is 0 Å². The van der Waals surface area contributed by atoms with Gasteiger partial charge in [0.15, 0.2) is 0 Å². The maximum atomic E-state index is 10.3. The third-order valence-corrected chi connectivity index (χ3v) is 4.91. The number of hydrogen-bond acceptors (Lipinski definition) is 1. The number of aliphatic hydroxyl groups is 1. The van der Waals surface area contributed by atoms with Crippen LogP contribution in [-0.2, 0) is 0 Å². The second-order valence-corrected chi connectivity index (χ2v) is 6.69. The van der Waals surface area contributed by atoms with Crippen molar-refractivity contribution in [2.24, 2.45) is 17.8 Å². The van der Waals surface area contributed by atoms with E-state index in [4.69, 9.17) is 0 Å². The van der Waals surface area contributed by atoms with Crippen LogP contribution < -0.4 is 0 Å². The van der Waals surface area contributed by atoms with E-state index >= 15 is 0 Å². The molecular weight excluding hydrogens is 220 g/mol. The fourth-order valence-electron chi connectivity index (χ4n) is 3.39. The SMILES string of the molecule is CCCCCCCC(O)C1CCC(C(C)C)CC1. The average molecular weight is 254 g/mol. The van der Waals surface area contributed by atoms with Crippen molar-refractivity contribution >= 4 is 0 Å². The van der Waals surface area contributed by atoms with E-state index in [1.165, 1.54) is 57.8 Å². The lowest BCUT2D eigenvalue weighted by Gasteiger charge is -2.33. The Bertz CT molecular complexity index is 192. The molecule has 0 spiro atoms. The first-order valence-electron chi connectivity index (χ1n) is 8.33. The van der Waals surface area contributed by atoms with Crippen molar-refractivity contribution in [1.29, 1.82) is 0 Å². The number of hydrogen-bond donors (Lipinski definition) is 1. The highest BCUT2D eigenvalue weighted by Gasteiger charge is 2.27. The second kappa shape index (κ2) is 8.96. The summed E-state index contributed by atoms with van der Waals surface area (Å²) in [6.07, 6.45) is 12.8. The minimum atomic E-state index is -0.0141. The van der Waals surface area contributed by atoms with E-state index in [-0.39, 0.29) is 6.10 Å². The molecule has 1 nitrogen and oxygen atoms in total. The van der Waals surface area contributed by atoms with E-state index in [0.717, 1.165) is 18.3 Å². The molecule has 0 radical (unpaired) electrons. The monoisotopic (exact) mass is 254 g/mol. The van der Waals surface area contributed by atoms with Crippen LogP contribution in [0.3, 0.4) is 0 Å². The van der Waals surface area contributed by atoms with Crippen LogP contribution in [0.2, 0.25) is 0 Å². The Morgan fingerprint density at radius 2 is 1.44 bits per heavy atom. The Kier molecular flexibility index (Phi) is 7.97. The van der Waals surface area contributed by atoms with Gasteiger partial charge in [0, 0.05) is 0 Å². The molecule has 1 fully saturated rings. The van der Waals surface area contributed by atoms with Gasteiger partial charge in [-0.1, -0.05) is 52.9 Å². The maximum Gasteiger partial charge on any atom is 0.0568 e. The Morgan fingerprint density at radius 1 is 0.889 bits per heavy atom. The van der Waals surface area contributed by atoms with Gasteiger partial charge in [0.25, 0.3) is 0 Å². The summed E-state index contributed by atoms with van der Waals surface area (Å²) in [5.41, 5.74) is 0. The van der Waals surface area contributed by atoms with Gasteiger partial charge < -0.3 is 5.11 Å². The minimum Gasteiger partial charge on any atom is -0.393 e. The van der Waals surface area contributed by atoms with Crippen LogP contribution >= 0.6 is 0 Å². The van der Waals surface area contributed by atoms with Gasteiger partial charge in [0.05, 0.1) is 6.10 Å². The summed E-state index contributed by atoms with van der Waals surface area (Å²) in [6, 6.07) is 0. The molecule has 1 rings (SSSR count). The summed E-state index contributed by atoms with van der Waals surface area (Å²) in [6.45, 7) is 6.94. The third kappa shape index (κ3) is 5.73. The first-order valence-corrected chi connectivity index (χ1v) is 8.33. The molecule has 0 aliphatic heterocycles. The highest BCUT2D eigenvalue weighted by molar-refractivity contribution is 4.78. The predicted octanol–water partition coefficient (Wildman–Crippen LogP) is 5.17.